The Balaban J connectivity index is 1.30. The maximum Gasteiger partial charge on any atom is 0.254 e. The minimum absolute atomic E-state index is 0.161. The van der Waals surface area contributed by atoms with E-state index in [0.29, 0.717) is 31.9 Å². The molecule has 0 saturated carbocycles. The number of hydrogen-bond donors (Lipinski definition) is 2. The molecular formula is C23H28N8O3. The molecule has 1 aromatic carbocycles. The predicted octanol–water partition coefficient (Wildman–Crippen LogP) is 0.260. The van der Waals surface area contributed by atoms with Crippen LogP contribution in [0.2, 0.25) is 0 Å². The Labute approximate surface area is 196 Å². The molecule has 11 heteroatoms. The number of rotatable bonds is 7. The first-order valence-electron chi connectivity index (χ1n) is 11.5. The number of aromatic nitrogens is 4. The van der Waals surface area contributed by atoms with Crippen LogP contribution in [-0.2, 0) is 22.6 Å². The molecular weight excluding hydrogens is 436 g/mol. The van der Waals surface area contributed by atoms with Gasteiger partial charge < -0.3 is 26.0 Å². The van der Waals surface area contributed by atoms with Gasteiger partial charge in [0.15, 0.2) is 0 Å². The van der Waals surface area contributed by atoms with E-state index in [1.165, 1.54) is 6.33 Å². The molecule has 2 atom stereocenters. The molecule has 0 radical (unpaired) electrons. The largest absolute Gasteiger partial charge is 0.491 e. The van der Waals surface area contributed by atoms with E-state index in [1.54, 1.807) is 15.6 Å². The standard InChI is InChI=1S/C23H28N8O3/c24-18(11-20(25)32)22(33)29-10-7-15-3-1-5-19(17(15)12-29)34-13-16-4-2-9-30(16)21-6-8-26-23-27-14-28-31(21)23/h1,3,5-6,8,14,16,18H,2,4,7,9-13,24H2,(H2,25,32)/t16-,18?/m1/s1. The number of ether oxygens (including phenoxy) is 1. The van der Waals surface area contributed by atoms with E-state index in [4.69, 9.17) is 16.2 Å². The Morgan fingerprint density at radius 3 is 2.94 bits per heavy atom. The highest BCUT2D eigenvalue weighted by Gasteiger charge is 2.30. The van der Waals surface area contributed by atoms with Gasteiger partial charge in [-0.1, -0.05) is 12.1 Å². The zero-order valence-electron chi connectivity index (χ0n) is 18.8. The van der Waals surface area contributed by atoms with Crippen LogP contribution in [0.1, 0.15) is 30.4 Å². The van der Waals surface area contributed by atoms with E-state index in [2.05, 4.69) is 26.0 Å². The van der Waals surface area contributed by atoms with E-state index in [0.717, 1.165) is 42.1 Å². The third-order valence-corrected chi connectivity index (χ3v) is 6.54. The van der Waals surface area contributed by atoms with Gasteiger partial charge in [0.05, 0.1) is 18.5 Å². The summed E-state index contributed by atoms with van der Waals surface area (Å²) in [5.41, 5.74) is 13.3. The van der Waals surface area contributed by atoms with Gasteiger partial charge in [-0.2, -0.15) is 14.6 Å². The molecule has 1 fully saturated rings. The number of nitrogens with two attached hydrogens (primary N) is 2. The van der Waals surface area contributed by atoms with E-state index in [1.807, 2.05) is 18.2 Å². The second-order valence-electron chi connectivity index (χ2n) is 8.76. The van der Waals surface area contributed by atoms with Crippen molar-refractivity contribution >= 4 is 23.4 Å². The lowest BCUT2D eigenvalue weighted by Crippen LogP contribution is -2.47. The molecule has 4 heterocycles. The zero-order valence-corrected chi connectivity index (χ0v) is 18.8. The zero-order chi connectivity index (χ0) is 23.7. The van der Waals surface area contributed by atoms with Crippen molar-refractivity contribution in [3.05, 3.63) is 47.9 Å². The van der Waals surface area contributed by atoms with Crippen molar-refractivity contribution in [1.29, 1.82) is 0 Å². The molecule has 2 aliphatic rings. The monoisotopic (exact) mass is 464 g/mol. The summed E-state index contributed by atoms with van der Waals surface area (Å²) in [7, 11) is 0. The summed E-state index contributed by atoms with van der Waals surface area (Å²) in [5.74, 6) is 1.44. The molecule has 2 aromatic heterocycles. The molecule has 5 rings (SSSR count). The van der Waals surface area contributed by atoms with Crippen LogP contribution in [0.4, 0.5) is 5.82 Å². The average molecular weight is 465 g/mol. The SMILES string of the molecule is NC(=O)CC(N)C(=O)N1CCc2cccc(OC[C@H]3CCCN3c3ccnc4ncnn34)c2C1. The number of amides is 2. The second kappa shape index (κ2) is 9.26. The van der Waals surface area contributed by atoms with Crippen molar-refractivity contribution in [2.24, 2.45) is 11.5 Å². The van der Waals surface area contributed by atoms with Gasteiger partial charge in [0.25, 0.3) is 5.78 Å². The van der Waals surface area contributed by atoms with Gasteiger partial charge in [-0.3, -0.25) is 9.59 Å². The van der Waals surface area contributed by atoms with Crippen LogP contribution in [0.15, 0.2) is 36.8 Å². The van der Waals surface area contributed by atoms with Gasteiger partial charge in [-0.15, -0.1) is 0 Å². The first-order valence-corrected chi connectivity index (χ1v) is 11.5. The molecule has 3 aromatic rings. The Bertz CT molecular complexity index is 1210. The number of carbonyl (C=O) groups excluding carboxylic acids is 2. The van der Waals surface area contributed by atoms with Crippen LogP contribution in [0.25, 0.3) is 5.78 Å². The van der Waals surface area contributed by atoms with Crippen LogP contribution in [0.3, 0.4) is 0 Å². The third-order valence-electron chi connectivity index (χ3n) is 6.54. The molecule has 178 valence electrons. The van der Waals surface area contributed by atoms with Gasteiger partial charge in [0.1, 0.15) is 24.5 Å². The average Bonchev–Trinajstić information content (AvgIpc) is 3.50. The lowest BCUT2D eigenvalue weighted by atomic mass is 9.98. The van der Waals surface area contributed by atoms with Gasteiger partial charge in [-0.05, 0) is 37.0 Å². The van der Waals surface area contributed by atoms with Crippen molar-refractivity contribution in [2.45, 2.75) is 44.3 Å². The molecule has 0 spiro atoms. The normalized spacial score (nSPS) is 18.7. The van der Waals surface area contributed by atoms with Gasteiger partial charge in [0.2, 0.25) is 11.8 Å². The fourth-order valence-corrected chi connectivity index (χ4v) is 4.85. The van der Waals surface area contributed by atoms with E-state index >= 15 is 0 Å². The fourth-order valence-electron chi connectivity index (χ4n) is 4.85. The lowest BCUT2D eigenvalue weighted by Gasteiger charge is -2.32. The first kappa shape index (κ1) is 22.1. The number of fused-ring (bicyclic) bond motifs is 2. The fraction of sp³-hybridized carbons (Fsp3) is 0.435. The number of hydrogen-bond acceptors (Lipinski definition) is 8. The molecule has 11 nitrogen and oxygen atoms in total. The quantitative estimate of drug-likeness (QED) is 0.506. The Kier molecular flexibility index (Phi) is 6.01. The van der Waals surface area contributed by atoms with E-state index in [-0.39, 0.29) is 18.4 Å². The third kappa shape index (κ3) is 4.26. The van der Waals surface area contributed by atoms with Gasteiger partial charge in [0, 0.05) is 31.4 Å². The highest BCUT2D eigenvalue weighted by atomic mass is 16.5. The van der Waals surface area contributed by atoms with Crippen LogP contribution >= 0.6 is 0 Å². The highest BCUT2D eigenvalue weighted by Crippen LogP contribution is 2.31. The van der Waals surface area contributed by atoms with Crippen LogP contribution in [0, 0.1) is 0 Å². The molecule has 2 amide bonds. The number of anilines is 1. The number of carbonyl (C=O) groups is 2. The Hall–Kier alpha value is -3.73. The smallest absolute Gasteiger partial charge is 0.254 e. The Morgan fingerprint density at radius 1 is 1.21 bits per heavy atom. The first-order chi connectivity index (χ1) is 16.5. The van der Waals surface area contributed by atoms with Crippen LogP contribution in [0.5, 0.6) is 5.75 Å². The van der Waals surface area contributed by atoms with E-state index < -0.39 is 11.9 Å². The molecule has 4 N–H and O–H groups in total. The summed E-state index contributed by atoms with van der Waals surface area (Å²) >= 11 is 0. The van der Waals surface area contributed by atoms with Gasteiger partial charge >= 0.3 is 0 Å². The van der Waals surface area contributed by atoms with Crippen molar-refractivity contribution in [3.8, 4) is 5.75 Å². The van der Waals surface area contributed by atoms with Crippen molar-refractivity contribution < 1.29 is 14.3 Å². The summed E-state index contributed by atoms with van der Waals surface area (Å²) in [6, 6.07) is 7.19. The maximum absolute atomic E-state index is 12.7. The van der Waals surface area contributed by atoms with Crippen molar-refractivity contribution in [3.63, 3.8) is 0 Å². The molecule has 0 bridgehead atoms. The molecule has 34 heavy (non-hydrogen) atoms. The Morgan fingerprint density at radius 2 is 2.09 bits per heavy atom. The second-order valence-corrected chi connectivity index (χ2v) is 8.76. The predicted molar refractivity (Wildman–Crippen MR) is 124 cm³/mol. The highest BCUT2D eigenvalue weighted by molar-refractivity contribution is 5.87. The lowest BCUT2D eigenvalue weighted by molar-refractivity contribution is -0.135. The summed E-state index contributed by atoms with van der Waals surface area (Å²) in [6.07, 6.45) is 5.85. The molecule has 0 aliphatic carbocycles. The van der Waals surface area contributed by atoms with Crippen molar-refractivity contribution in [1.82, 2.24) is 24.5 Å². The molecule has 1 saturated heterocycles. The number of benzene rings is 1. The minimum Gasteiger partial charge on any atom is -0.491 e. The summed E-state index contributed by atoms with van der Waals surface area (Å²) in [5, 5.41) is 4.31. The molecule has 2 aliphatic heterocycles. The summed E-state index contributed by atoms with van der Waals surface area (Å²) in [4.78, 5) is 36.3. The number of primary amides is 1. The summed E-state index contributed by atoms with van der Waals surface area (Å²) in [6.45, 7) is 2.35. The topological polar surface area (TPSA) is 145 Å². The molecule has 1 unspecified atom stereocenters. The minimum atomic E-state index is -0.923. The van der Waals surface area contributed by atoms with Crippen LogP contribution < -0.4 is 21.1 Å². The van der Waals surface area contributed by atoms with Crippen LogP contribution in [-0.4, -0.2) is 68.1 Å². The van der Waals surface area contributed by atoms with Gasteiger partial charge in [-0.25, -0.2) is 4.98 Å². The summed E-state index contributed by atoms with van der Waals surface area (Å²) < 4.78 is 8.09. The maximum atomic E-state index is 12.7. The number of nitrogens with zero attached hydrogens (tertiary/aromatic N) is 6. The van der Waals surface area contributed by atoms with E-state index in [9.17, 15) is 9.59 Å². The van der Waals surface area contributed by atoms with Crippen molar-refractivity contribution in [2.75, 3.05) is 24.6 Å².